The predicted octanol–water partition coefficient (Wildman–Crippen LogP) is 1.67. The van der Waals surface area contributed by atoms with Gasteiger partial charge in [0.15, 0.2) is 0 Å². The fourth-order valence-electron chi connectivity index (χ4n) is 4.41. The van der Waals surface area contributed by atoms with Gasteiger partial charge < -0.3 is 14.9 Å². The summed E-state index contributed by atoms with van der Waals surface area (Å²) in [5, 5.41) is 13.1. The molecule has 2 saturated heterocycles. The van der Waals surface area contributed by atoms with Crippen molar-refractivity contribution in [1.29, 1.82) is 0 Å². The number of hydrogen-bond acceptors (Lipinski definition) is 4. The van der Waals surface area contributed by atoms with E-state index in [1.165, 1.54) is 9.80 Å². The van der Waals surface area contributed by atoms with Crippen molar-refractivity contribution in [1.82, 2.24) is 15.1 Å². The summed E-state index contributed by atoms with van der Waals surface area (Å²) in [6.45, 7) is 0.410. The first kappa shape index (κ1) is 19.9. The Balaban J connectivity index is 1.59. The molecule has 1 aromatic rings. The third-order valence-corrected chi connectivity index (χ3v) is 6.48. The zero-order valence-corrected chi connectivity index (χ0v) is 16.7. The number of benzene rings is 1. The van der Waals surface area contributed by atoms with E-state index in [2.05, 4.69) is 5.32 Å². The highest BCUT2D eigenvalue weighted by molar-refractivity contribution is 6.30. The molecule has 3 unspecified atom stereocenters. The van der Waals surface area contributed by atoms with Crippen molar-refractivity contribution in [3.05, 3.63) is 34.9 Å². The molecule has 2 amide bonds. The van der Waals surface area contributed by atoms with Gasteiger partial charge in [-0.2, -0.15) is 0 Å². The van der Waals surface area contributed by atoms with Gasteiger partial charge in [0.2, 0.25) is 5.91 Å². The summed E-state index contributed by atoms with van der Waals surface area (Å²) >= 11 is 11.9. The van der Waals surface area contributed by atoms with Crippen LogP contribution in [0.15, 0.2) is 24.3 Å². The molecular weight excluding hydrogens is 408 g/mol. The summed E-state index contributed by atoms with van der Waals surface area (Å²) in [7, 11) is 0. The third-order valence-electron chi connectivity index (χ3n) is 5.89. The van der Waals surface area contributed by atoms with Gasteiger partial charge in [0.1, 0.15) is 24.4 Å². The molecule has 9 heteroatoms. The van der Waals surface area contributed by atoms with Crippen molar-refractivity contribution in [2.45, 2.75) is 55.2 Å². The van der Waals surface area contributed by atoms with Crippen LogP contribution in [0.4, 0.5) is 4.39 Å². The molecule has 3 aliphatic rings. The van der Waals surface area contributed by atoms with Crippen LogP contribution in [0.3, 0.4) is 0 Å². The maximum absolute atomic E-state index is 14.6. The molecule has 0 radical (unpaired) electrons. The fourth-order valence-corrected chi connectivity index (χ4v) is 4.80. The minimum Gasteiger partial charge on any atom is -0.393 e. The molecule has 0 aromatic heterocycles. The molecule has 1 aromatic carbocycles. The Bertz CT molecular complexity index is 772. The molecule has 152 valence electrons. The van der Waals surface area contributed by atoms with Gasteiger partial charge in [0, 0.05) is 36.3 Å². The number of amides is 2. The number of aliphatic hydroxyl groups excluding tert-OH is 1. The van der Waals surface area contributed by atoms with Gasteiger partial charge in [-0.1, -0.05) is 23.7 Å². The van der Waals surface area contributed by atoms with Gasteiger partial charge in [-0.15, -0.1) is 11.6 Å². The Hall–Kier alpha value is -1.41. The summed E-state index contributed by atoms with van der Waals surface area (Å²) in [4.78, 5) is 29.2. The van der Waals surface area contributed by atoms with Crippen LogP contribution in [0, 0.1) is 0 Å². The highest BCUT2D eigenvalue weighted by Crippen LogP contribution is 2.43. The van der Waals surface area contributed by atoms with Crippen molar-refractivity contribution >= 4 is 35.0 Å². The molecule has 28 heavy (non-hydrogen) atoms. The van der Waals surface area contributed by atoms with E-state index in [4.69, 9.17) is 23.2 Å². The molecule has 1 aliphatic carbocycles. The second-order valence-electron chi connectivity index (χ2n) is 7.84. The molecule has 2 heterocycles. The number of rotatable bonds is 3. The summed E-state index contributed by atoms with van der Waals surface area (Å²) in [6.07, 6.45) is -2.44. The lowest BCUT2D eigenvalue weighted by atomic mass is 9.70. The van der Waals surface area contributed by atoms with Gasteiger partial charge in [-0.05, 0) is 24.1 Å². The molecule has 4 rings (SSSR count). The average molecular weight is 430 g/mol. The van der Waals surface area contributed by atoms with Gasteiger partial charge >= 0.3 is 0 Å². The van der Waals surface area contributed by atoms with E-state index < -0.39 is 24.0 Å². The first-order valence-corrected chi connectivity index (χ1v) is 10.2. The molecule has 0 bridgehead atoms. The van der Waals surface area contributed by atoms with E-state index in [-0.39, 0.29) is 49.5 Å². The van der Waals surface area contributed by atoms with E-state index in [9.17, 15) is 19.1 Å². The Labute approximate surface area is 172 Å². The standard InChI is InChI=1S/C19H22Cl2FN3O3/c20-12-3-1-11(2-4-12)9-25-16(27)10-24(17-15(22)5-13(21)8-23-17)18(28)19(25)6-14(26)7-19/h1-4,13-15,17,23,26H,5-10H2/t13?,14-,15?,17?,19-. The summed E-state index contributed by atoms with van der Waals surface area (Å²) in [5.41, 5.74) is -0.294. The van der Waals surface area contributed by atoms with E-state index >= 15 is 0 Å². The molecule has 1 spiro atoms. The zero-order valence-electron chi connectivity index (χ0n) is 15.2. The van der Waals surface area contributed by atoms with Crippen LogP contribution >= 0.6 is 23.2 Å². The minimum absolute atomic E-state index is 0.126. The van der Waals surface area contributed by atoms with Crippen LogP contribution in [0.25, 0.3) is 0 Å². The smallest absolute Gasteiger partial charge is 0.250 e. The average Bonchev–Trinajstić information content (AvgIpc) is 2.62. The van der Waals surface area contributed by atoms with E-state index in [1.54, 1.807) is 24.3 Å². The van der Waals surface area contributed by atoms with Crippen molar-refractivity contribution in [3.8, 4) is 0 Å². The number of aliphatic hydroxyl groups is 1. The highest BCUT2D eigenvalue weighted by atomic mass is 35.5. The van der Waals surface area contributed by atoms with Crippen molar-refractivity contribution < 1.29 is 19.1 Å². The Morgan fingerprint density at radius 2 is 1.93 bits per heavy atom. The Morgan fingerprint density at radius 3 is 2.54 bits per heavy atom. The second-order valence-corrected chi connectivity index (χ2v) is 8.89. The molecular formula is C19H22Cl2FN3O3. The lowest BCUT2D eigenvalue weighted by Crippen LogP contribution is -2.76. The predicted molar refractivity (Wildman–Crippen MR) is 103 cm³/mol. The van der Waals surface area contributed by atoms with E-state index in [1.807, 2.05) is 0 Å². The van der Waals surface area contributed by atoms with Crippen LogP contribution in [0.1, 0.15) is 24.8 Å². The molecule has 3 atom stereocenters. The van der Waals surface area contributed by atoms with Crippen molar-refractivity contribution in [2.75, 3.05) is 13.1 Å². The monoisotopic (exact) mass is 429 g/mol. The summed E-state index contributed by atoms with van der Waals surface area (Å²) in [6, 6.07) is 7.06. The normalized spacial score (nSPS) is 36.0. The molecule has 2 aliphatic heterocycles. The third kappa shape index (κ3) is 3.38. The number of hydrogen-bond donors (Lipinski definition) is 2. The lowest BCUT2D eigenvalue weighted by Gasteiger charge is -2.57. The van der Waals surface area contributed by atoms with Gasteiger partial charge in [-0.25, -0.2) is 4.39 Å². The lowest BCUT2D eigenvalue weighted by molar-refractivity contribution is -0.187. The Morgan fingerprint density at radius 1 is 1.25 bits per heavy atom. The molecule has 6 nitrogen and oxygen atoms in total. The largest absolute Gasteiger partial charge is 0.393 e. The number of halogens is 3. The minimum atomic E-state index is -1.35. The summed E-state index contributed by atoms with van der Waals surface area (Å²) < 4.78 is 14.6. The maximum Gasteiger partial charge on any atom is 0.250 e. The molecule has 3 fully saturated rings. The topological polar surface area (TPSA) is 72.9 Å². The number of piperidine rings is 1. The van der Waals surface area contributed by atoms with Crippen LogP contribution in [-0.2, 0) is 16.1 Å². The van der Waals surface area contributed by atoms with Crippen LogP contribution in [-0.4, -0.2) is 69.2 Å². The van der Waals surface area contributed by atoms with Gasteiger partial charge in [0.25, 0.3) is 5.91 Å². The zero-order chi connectivity index (χ0) is 20.1. The van der Waals surface area contributed by atoms with Crippen LogP contribution in [0.2, 0.25) is 5.02 Å². The van der Waals surface area contributed by atoms with Gasteiger partial charge in [-0.3, -0.25) is 14.9 Å². The van der Waals surface area contributed by atoms with Gasteiger partial charge in [0.05, 0.1) is 6.10 Å². The van der Waals surface area contributed by atoms with E-state index in [0.29, 0.717) is 11.6 Å². The number of nitrogens with zero attached hydrogens (tertiary/aromatic N) is 2. The first-order chi connectivity index (χ1) is 13.3. The highest BCUT2D eigenvalue weighted by Gasteiger charge is 2.61. The maximum atomic E-state index is 14.6. The van der Waals surface area contributed by atoms with Crippen molar-refractivity contribution in [2.24, 2.45) is 0 Å². The SMILES string of the molecule is O=C1CN(C2NCC(Cl)CC2F)C(=O)[C@]2(C[C@@H](O)C2)N1Cc1ccc(Cl)cc1. The fraction of sp³-hybridized carbons (Fsp3) is 0.579. The van der Waals surface area contributed by atoms with Crippen LogP contribution < -0.4 is 5.32 Å². The number of alkyl halides is 2. The molecule has 1 saturated carbocycles. The summed E-state index contributed by atoms with van der Waals surface area (Å²) in [5.74, 6) is -0.581. The van der Waals surface area contributed by atoms with Crippen LogP contribution in [0.5, 0.6) is 0 Å². The first-order valence-electron chi connectivity index (χ1n) is 9.36. The second kappa shape index (κ2) is 7.44. The number of nitrogens with one attached hydrogen (secondary N) is 1. The van der Waals surface area contributed by atoms with E-state index in [0.717, 1.165) is 5.56 Å². The molecule has 2 N–H and O–H groups in total. The number of carbonyl (C=O) groups is 2. The van der Waals surface area contributed by atoms with Crippen molar-refractivity contribution in [3.63, 3.8) is 0 Å². The number of carbonyl (C=O) groups excluding carboxylic acids is 2. The quantitative estimate of drug-likeness (QED) is 0.716. The Kier molecular flexibility index (Phi) is 5.29. The number of piperazine rings is 1.